The van der Waals surface area contributed by atoms with E-state index >= 15 is 0 Å². The largest absolute Gasteiger partial charge is 0.384 e. The van der Waals surface area contributed by atoms with Crippen molar-refractivity contribution in [2.45, 2.75) is 50.3 Å². The van der Waals surface area contributed by atoms with Crippen molar-refractivity contribution in [2.24, 2.45) is 23.2 Å². The van der Waals surface area contributed by atoms with Gasteiger partial charge in [-0.2, -0.15) is 0 Å². The maximum absolute atomic E-state index is 6.40. The summed E-state index contributed by atoms with van der Waals surface area (Å²) in [6, 6.07) is 0. The van der Waals surface area contributed by atoms with Crippen LogP contribution in [0.5, 0.6) is 0 Å². The Morgan fingerprint density at radius 2 is 2.09 bits per heavy atom. The maximum Gasteiger partial charge on any atom is 0.0557 e. The monoisotopic (exact) mass is 332 g/mol. The van der Waals surface area contributed by atoms with Gasteiger partial charge < -0.3 is 10.2 Å². The minimum atomic E-state index is 0.206. The van der Waals surface area contributed by atoms with E-state index in [1.54, 1.807) is 12.0 Å². The highest BCUT2D eigenvalue weighted by molar-refractivity contribution is 6.22. The number of nitrogens with one attached hydrogen (secondary N) is 1. The number of alkyl halides is 1. The molecule has 2 nitrogen and oxygen atoms in total. The highest BCUT2D eigenvalue weighted by atomic mass is 35.5. The summed E-state index contributed by atoms with van der Waals surface area (Å²) in [5.74, 6) is 3.17. The molecule has 3 fully saturated rings. The molecule has 0 amide bonds. The molecule has 5 aliphatic rings. The van der Waals surface area contributed by atoms with Crippen LogP contribution in [-0.2, 0) is 0 Å². The van der Waals surface area contributed by atoms with Gasteiger partial charge in [0.1, 0.15) is 0 Å². The number of allylic oxidation sites excluding steroid dienone is 2. The third-order valence-electron chi connectivity index (χ3n) is 7.64. The van der Waals surface area contributed by atoms with Crippen molar-refractivity contribution >= 4 is 11.6 Å². The summed E-state index contributed by atoms with van der Waals surface area (Å²) in [7, 11) is 0. The van der Waals surface area contributed by atoms with Gasteiger partial charge in [0.2, 0.25) is 0 Å². The number of rotatable bonds is 2. The zero-order valence-corrected chi connectivity index (χ0v) is 14.8. The van der Waals surface area contributed by atoms with Crippen LogP contribution in [0.15, 0.2) is 23.4 Å². The van der Waals surface area contributed by atoms with Gasteiger partial charge in [0.15, 0.2) is 0 Å². The van der Waals surface area contributed by atoms with Crippen molar-refractivity contribution in [3.05, 3.63) is 23.4 Å². The Labute approximate surface area is 145 Å². The van der Waals surface area contributed by atoms with Crippen molar-refractivity contribution in [1.29, 1.82) is 0 Å². The molecule has 0 aromatic heterocycles. The lowest BCUT2D eigenvalue weighted by atomic mass is 9.71. The number of fused-ring (bicyclic) bond motifs is 3. The molecular weight excluding hydrogens is 304 g/mol. The fourth-order valence-corrected chi connectivity index (χ4v) is 6.51. The molecule has 0 aromatic carbocycles. The van der Waals surface area contributed by atoms with Crippen molar-refractivity contribution in [3.63, 3.8) is 0 Å². The molecule has 1 N–H and O–H groups in total. The number of hydrogen-bond acceptors (Lipinski definition) is 2. The van der Waals surface area contributed by atoms with Gasteiger partial charge in [-0.15, -0.1) is 11.6 Å². The van der Waals surface area contributed by atoms with E-state index in [0.717, 1.165) is 30.7 Å². The van der Waals surface area contributed by atoms with Crippen molar-refractivity contribution in [3.8, 4) is 0 Å². The van der Waals surface area contributed by atoms with Crippen molar-refractivity contribution in [2.75, 3.05) is 26.2 Å². The van der Waals surface area contributed by atoms with E-state index in [1.165, 1.54) is 57.4 Å². The van der Waals surface area contributed by atoms with Crippen LogP contribution in [0.1, 0.15) is 44.9 Å². The topological polar surface area (TPSA) is 15.3 Å². The molecular formula is C20H29ClN2. The number of nitrogens with zero attached hydrogens (tertiary/aromatic N) is 1. The molecule has 4 unspecified atom stereocenters. The highest BCUT2D eigenvalue weighted by Crippen LogP contribution is 2.50. The van der Waals surface area contributed by atoms with E-state index in [9.17, 15) is 0 Å². The Balaban J connectivity index is 1.23. The Morgan fingerprint density at radius 1 is 1.22 bits per heavy atom. The number of piperidine rings is 1. The summed E-state index contributed by atoms with van der Waals surface area (Å²) in [5, 5.41) is 3.87. The van der Waals surface area contributed by atoms with Crippen LogP contribution in [0.3, 0.4) is 0 Å². The first kappa shape index (κ1) is 14.8. The molecule has 2 bridgehead atoms. The summed E-state index contributed by atoms with van der Waals surface area (Å²) >= 11 is 6.40. The van der Waals surface area contributed by atoms with Gasteiger partial charge in [-0.25, -0.2) is 0 Å². The van der Waals surface area contributed by atoms with Gasteiger partial charge in [0, 0.05) is 24.2 Å². The second kappa shape index (κ2) is 5.52. The third kappa shape index (κ3) is 2.48. The lowest BCUT2D eigenvalue weighted by Crippen LogP contribution is -2.45. The minimum Gasteiger partial charge on any atom is -0.384 e. The van der Waals surface area contributed by atoms with Gasteiger partial charge in [0.25, 0.3) is 0 Å². The molecule has 2 saturated carbocycles. The van der Waals surface area contributed by atoms with Crippen LogP contribution in [0.4, 0.5) is 0 Å². The summed E-state index contributed by atoms with van der Waals surface area (Å²) < 4.78 is 0. The summed E-state index contributed by atoms with van der Waals surface area (Å²) in [6.07, 6.45) is 14.2. The first-order chi connectivity index (χ1) is 11.2. The smallest absolute Gasteiger partial charge is 0.0557 e. The fraction of sp³-hybridized carbons (Fsp3) is 0.800. The molecule has 126 valence electrons. The summed E-state index contributed by atoms with van der Waals surface area (Å²) in [4.78, 5) is 2.78. The Bertz CT molecular complexity index is 544. The van der Waals surface area contributed by atoms with E-state index in [4.69, 9.17) is 11.6 Å². The second-order valence-corrected chi connectivity index (χ2v) is 9.40. The Morgan fingerprint density at radius 3 is 2.83 bits per heavy atom. The van der Waals surface area contributed by atoms with Crippen LogP contribution < -0.4 is 5.32 Å². The standard InChI is InChI=1S/C20H29ClN2/c21-17-3-4-19-18(11-17)20(13-22-19)5-7-23(8-6-20)12-16-10-14-1-2-15(16)9-14/h3-4,14-17,22H,1-2,5-13H2. The maximum atomic E-state index is 6.40. The van der Waals surface area contributed by atoms with Crippen molar-refractivity contribution in [1.82, 2.24) is 10.2 Å². The molecule has 0 radical (unpaired) electrons. The van der Waals surface area contributed by atoms with Gasteiger partial charge in [0.05, 0.1) is 5.38 Å². The lowest BCUT2D eigenvalue weighted by molar-refractivity contribution is 0.108. The minimum absolute atomic E-state index is 0.206. The number of halogens is 1. The van der Waals surface area contributed by atoms with Crippen LogP contribution in [-0.4, -0.2) is 36.5 Å². The molecule has 3 heteroatoms. The zero-order valence-electron chi connectivity index (χ0n) is 14.1. The first-order valence-electron chi connectivity index (χ1n) is 9.74. The molecule has 2 heterocycles. The molecule has 0 aromatic rings. The average molecular weight is 333 g/mol. The predicted octanol–water partition coefficient (Wildman–Crippen LogP) is 3.93. The molecule has 4 atom stereocenters. The van der Waals surface area contributed by atoms with Crippen molar-refractivity contribution < 1.29 is 0 Å². The van der Waals surface area contributed by atoms with Crippen LogP contribution in [0.25, 0.3) is 0 Å². The number of likely N-dealkylation sites (tertiary alicyclic amines) is 1. The van der Waals surface area contributed by atoms with E-state index in [1.807, 2.05) is 0 Å². The predicted molar refractivity (Wildman–Crippen MR) is 95.5 cm³/mol. The Hall–Kier alpha value is -0.470. The van der Waals surface area contributed by atoms with Gasteiger partial charge in [-0.05, 0) is 81.0 Å². The van der Waals surface area contributed by atoms with Gasteiger partial charge >= 0.3 is 0 Å². The highest BCUT2D eigenvalue weighted by Gasteiger charge is 2.45. The first-order valence-corrected chi connectivity index (χ1v) is 10.2. The summed E-state index contributed by atoms with van der Waals surface area (Å²) in [6.45, 7) is 5.12. The van der Waals surface area contributed by atoms with Crippen LogP contribution in [0.2, 0.25) is 0 Å². The van der Waals surface area contributed by atoms with Gasteiger partial charge in [-0.1, -0.05) is 12.5 Å². The molecule has 23 heavy (non-hydrogen) atoms. The van der Waals surface area contributed by atoms with E-state index < -0.39 is 0 Å². The van der Waals surface area contributed by atoms with Gasteiger partial charge in [-0.3, -0.25) is 0 Å². The Kier molecular flexibility index (Phi) is 3.56. The molecule has 5 rings (SSSR count). The SMILES string of the molecule is ClC1C=CC2=C(C1)C1(CCN(CC3CC4CCC3C4)CC1)CN2. The zero-order chi connectivity index (χ0) is 15.4. The average Bonchev–Trinajstić information content (AvgIpc) is 3.25. The number of hydrogen-bond donors (Lipinski definition) is 1. The van der Waals surface area contributed by atoms with E-state index in [0.29, 0.717) is 5.41 Å². The van der Waals surface area contributed by atoms with E-state index in [-0.39, 0.29) is 5.38 Å². The molecule has 1 spiro atoms. The molecule has 1 saturated heterocycles. The fourth-order valence-electron chi connectivity index (χ4n) is 6.29. The van der Waals surface area contributed by atoms with Crippen LogP contribution >= 0.6 is 11.6 Å². The summed E-state index contributed by atoms with van der Waals surface area (Å²) in [5.41, 5.74) is 3.45. The molecule has 3 aliphatic carbocycles. The second-order valence-electron chi connectivity index (χ2n) is 8.84. The third-order valence-corrected chi connectivity index (χ3v) is 7.94. The normalized spacial score (nSPS) is 41.6. The molecule has 2 aliphatic heterocycles. The lowest BCUT2D eigenvalue weighted by Gasteiger charge is -2.42. The quantitative estimate of drug-likeness (QED) is 0.771. The van der Waals surface area contributed by atoms with E-state index in [2.05, 4.69) is 22.4 Å². The van der Waals surface area contributed by atoms with Crippen LogP contribution in [0, 0.1) is 23.2 Å².